The third kappa shape index (κ3) is 1.92. The number of hydrogen-bond acceptors (Lipinski definition) is 5. The predicted octanol–water partition coefficient (Wildman–Crippen LogP) is 1.55. The van der Waals surface area contributed by atoms with Crippen molar-refractivity contribution >= 4 is 17.4 Å². The lowest BCUT2D eigenvalue weighted by Gasteiger charge is -2.40. The lowest BCUT2D eigenvalue weighted by atomic mass is 10.1. The smallest absolute Gasteiger partial charge is 0.276 e. The maximum Gasteiger partial charge on any atom is 0.276 e. The molecule has 8 heteroatoms. The molecule has 0 saturated heterocycles. The Morgan fingerprint density at radius 2 is 1.95 bits per heavy atom. The average molecular weight is 301 g/mol. The van der Waals surface area contributed by atoms with Crippen molar-refractivity contribution in [3.8, 4) is 0 Å². The van der Waals surface area contributed by atoms with Crippen LogP contribution in [0.4, 0.5) is 11.5 Å². The van der Waals surface area contributed by atoms with Gasteiger partial charge in [-0.25, -0.2) is 4.98 Å². The Morgan fingerprint density at radius 1 is 1.23 bits per heavy atom. The molecule has 1 unspecified atom stereocenters. The molecule has 0 bridgehead atoms. The van der Waals surface area contributed by atoms with Crippen molar-refractivity contribution in [2.75, 3.05) is 19.0 Å². The molecule has 3 rings (SSSR count). The standard InChI is InChI=1S/C14H15N5O3/c1-16-8-15-12-11(16)14(20)18(3)13(17(12)2)9-5-4-6-10(7-9)19(21)22/h4-8,13H,1-3H3. The molecular weight excluding hydrogens is 286 g/mol. The highest BCUT2D eigenvalue weighted by Crippen LogP contribution is 2.36. The number of nitro groups is 1. The fourth-order valence-corrected chi connectivity index (χ4v) is 2.82. The number of hydrogen-bond donors (Lipinski definition) is 0. The van der Waals surface area contributed by atoms with Crippen molar-refractivity contribution < 1.29 is 9.72 Å². The Bertz CT molecular complexity index is 770. The van der Waals surface area contributed by atoms with Gasteiger partial charge in [0.2, 0.25) is 0 Å². The maximum absolute atomic E-state index is 12.6. The first-order chi connectivity index (χ1) is 10.4. The third-order valence-corrected chi connectivity index (χ3v) is 3.89. The van der Waals surface area contributed by atoms with Crippen LogP contribution in [0.1, 0.15) is 22.2 Å². The average Bonchev–Trinajstić information content (AvgIpc) is 2.88. The van der Waals surface area contributed by atoms with E-state index in [2.05, 4.69) is 4.98 Å². The summed E-state index contributed by atoms with van der Waals surface area (Å²) in [7, 11) is 5.26. The van der Waals surface area contributed by atoms with Crippen molar-refractivity contribution in [1.29, 1.82) is 0 Å². The van der Waals surface area contributed by atoms with E-state index in [0.717, 1.165) is 0 Å². The summed E-state index contributed by atoms with van der Waals surface area (Å²) < 4.78 is 1.67. The molecule has 0 saturated carbocycles. The number of non-ortho nitro benzene ring substituents is 1. The summed E-state index contributed by atoms with van der Waals surface area (Å²) in [6.07, 6.45) is 1.15. The van der Waals surface area contributed by atoms with Gasteiger partial charge in [0.15, 0.2) is 11.5 Å². The second kappa shape index (κ2) is 4.83. The Morgan fingerprint density at radius 3 is 2.64 bits per heavy atom. The van der Waals surface area contributed by atoms with Gasteiger partial charge in [-0.15, -0.1) is 0 Å². The number of rotatable bonds is 2. The van der Waals surface area contributed by atoms with E-state index in [-0.39, 0.29) is 11.6 Å². The van der Waals surface area contributed by atoms with Crippen molar-refractivity contribution in [2.45, 2.75) is 6.17 Å². The Kier molecular flexibility index (Phi) is 3.09. The monoisotopic (exact) mass is 301 g/mol. The van der Waals surface area contributed by atoms with Gasteiger partial charge in [-0.3, -0.25) is 14.9 Å². The summed E-state index contributed by atoms with van der Waals surface area (Å²) in [6, 6.07) is 6.30. The van der Waals surface area contributed by atoms with Crippen LogP contribution in [0.2, 0.25) is 0 Å². The number of benzene rings is 1. The normalized spacial score (nSPS) is 17.6. The van der Waals surface area contributed by atoms with E-state index in [1.807, 2.05) is 11.9 Å². The number of anilines is 1. The number of aromatic nitrogens is 2. The third-order valence-electron chi connectivity index (χ3n) is 3.89. The van der Waals surface area contributed by atoms with E-state index in [1.165, 1.54) is 12.1 Å². The van der Waals surface area contributed by atoms with Crippen molar-refractivity contribution in [1.82, 2.24) is 14.5 Å². The highest BCUT2D eigenvalue weighted by atomic mass is 16.6. The first-order valence-corrected chi connectivity index (χ1v) is 6.67. The lowest BCUT2D eigenvalue weighted by molar-refractivity contribution is -0.384. The number of aryl methyl sites for hydroxylation is 1. The van der Waals surface area contributed by atoms with E-state index < -0.39 is 11.1 Å². The van der Waals surface area contributed by atoms with Gasteiger partial charge in [-0.2, -0.15) is 0 Å². The van der Waals surface area contributed by atoms with Gasteiger partial charge < -0.3 is 14.4 Å². The summed E-state index contributed by atoms with van der Waals surface area (Å²) in [5, 5.41) is 11.0. The molecule has 1 amide bonds. The second-order valence-corrected chi connectivity index (χ2v) is 5.28. The first kappa shape index (κ1) is 14.1. The van der Waals surface area contributed by atoms with Gasteiger partial charge in [0.1, 0.15) is 6.17 Å². The van der Waals surface area contributed by atoms with E-state index in [1.54, 1.807) is 42.0 Å². The SMILES string of the molecule is CN1C(=O)c2c(ncn2C)N(C)C1c1cccc([N+](=O)[O-])c1. The number of nitrogens with zero attached hydrogens (tertiary/aromatic N) is 5. The van der Waals surface area contributed by atoms with Gasteiger partial charge in [0, 0.05) is 38.8 Å². The van der Waals surface area contributed by atoms with Crippen LogP contribution in [0.5, 0.6) is 0 Å². The van der Waals surface area contributed by atoms with Crippen molar-refractivity contribution in [3.63, 3.8) is 0 Å². The van der Waals surface area contributed by atoms with Crippen LogP contribution in [-0.4, -0.2) is 39.4 Å². The number of imidazole rings is 1. The number of carbonyl (C=O) groups excluding carboxylic acids is 1. The Balaban J connectivity index is 2.10. The van der Waals surface area contributed by atoms with Gasteiger partial charge in [-0.1, -0.05) is 12.1 Å². The van der Waals surface area contributed by atoms with Crippen LogP contribution in [0.3, 0.4) is 0 Å². The second-order valence-electron chi connectivity index (χ2n) is 5.28. The molecular formula is C14H15N5O3. The van der Waals surface area contributed by atoms with Crippen LogP contribution in [0.25, 0.3) is 0 Å². The molecule has 0 fully saturated rings. The van der Waals surface area contributed by atoms with Crippen molar-refractivity contribution in [3.05, 3.63) is 52.0 Å². The minimum absolute atomic E-state index is 0.00133. The first-order valence-electron chi connectivity index (χ1n) is 6.67. The summed E-state index contributed by atoms with van der Waals surface area (Å²) in [5.41, 5.74) is 1.18. The predicted molar refractivity (Wildman–Crippen MR) is 79.5 cm³/mol. The summed E-state index contributed by atoms with van der Waals surface area (Å²) in [5.74, 6) is 0.409. The molecule has 0 radical (unpaired) electrons. The molecule has 1 aromatic carbocycles. The molecule has 22 heavy (non-hydrogen) atoms. The molecule has 114 valence electrons. The minimum Gasteiger partial charge on any atom is -0.333 e. The maximum atomic E-state index is 12.6. The molecule has 0 spiro atoms. The molecule has 1 aliphatic rings. The number of carbonyl (C=O) groups is 1. The fourth-order valence-electron chi connectivity index (χ4n) is 2.82. The van der Waals surface area contributed by atoms with Crippen LogP contribution in [-0.2, 0) is 7.05 Å². The van der Waals surface area contributed by atoms with E-state index in [9.17, 15) is 14.9 Å². The quantitative estimate of drug-likeness (QED) is 0.620. The summed E-state index contributed by atoms with van der Waals surface area (Å²) in [6.45, 7) is 0. The van der Waals surface area contributed by atoms with Crippen LogP contribution < -0.4 is 4.90 Å². The lowest BCUT2D eigenvalue weighted by Crippen LogP contribution is -2.46. The number of amides is 1. The Hall–Kier alpha value is -2.90. The van der Waals surface area contributed by atoms with Gasteiger partial charge >= 0.3 is 0 Å². The number of nitro benzene ring substituents is 1. The molecule has 0 N–H and O–H groups in total. The number of fused-ring (bicyclic) bond motifs is 1. The summed E-state index contributed by atoms with van der Waals surface area (Å²) >= 11 is 0. The zero-order valence-electron chi connectivity index (χ0n) is 12.4. The largest absolute Gasteiger partial charge is 0.333 e. The van der Waals surface area contributed by atoms with Crippen LogP contribution in [0, 0.1) is 10.1 Å². The van der Waals surface area contributed by atoms with E-state index >= 15 is 0 Å². The zero-order valence-corrected chi connectivity index (χ0v) is 12.4. The summed E-state index contributed by atoms with van der Waals surface area (Å²) in [4.78, 5) is 30.7. The molecule has 1 aliphatic heterocycles. The molecule has 1 atom stereocenters. The highest BCUT2D eigenvalue weighted by Gasteiger charge is 2.37. The Labute approximate surface area is 126 Å². The van der Waals surface area contributed by atoms with Crippen LogP contribution >= 0.6 is 0 Å². The van der Waals surface area contributed by atoms with E-state index in [0.29, 0.717) is 17.1 Å². The van der Waals surface area contributed by atoms with Crippen LogP contribution in [0.15, 0.2) is 30.6 Å². The zero-order chi connectivity index (χ0) is 16.0. The fraction of sp³-hybridized carbons (Fsp3) is 0.286. The molecule has 2 heterocycles. The topological polar surface area (TPSA) is 84.5 Å². The van der Waals surface area contributed by atoms with Gasteiger partial charge in [-0.05, 0) is 0 Å². The van der Waals surface area contributed by atoms with Gasteiger partial charge in [0.05, 0.1) is 11.3 Å². The molecule has 8 nitrogen and oxygen atoms in total. The molecule has 2 aromatic rings. The van der Waals surface area contributed by atoms with Gasteiger partial charge in [0.25, 0.3) is 11.6 Å². The molecule has 1 aromatic heterocycles. The van der Waals surface area contributed by atoms with E-state index in [4.69, 9.17) is 0 Å². The molecule has 0 aliphatic carbocycles. The van der Waals surface area contributed by atoms with Crippen molar-refractivity contribution in [2.24, 2.45) is 7.05 Å². The highest BCUT2D eigenvalue weighted by molar-refractivity contribution is 5.99. The minimum atomic E-state index is -0.444.